The van der Waals surface area contributed by atoms with Crippen LogP contribution < -0.4 is 5.73 Å². The molecule has 0 aliphatic rings. The van der Waals surface area contributed by atoms with Gasteiger partial charge in [-0.3, -0.25) is 4.99 Å². The van der Waals surface area contributed by atoms with Crippen molar-refractivity contribution in [1.82, 2.24) is 0 Å². The topological polar surface area (TPSA) is 75.7 Å². The van der Waals surface area contributed by atoms with Gasteiger partial charge in [0.1, 0.15) is 0 Å². The van der Waals surface area contributed by atoms with Crippen molar-refractivity contribution >= 4 is 12.2 Å². The number of rotatable bonds is 2. The Kier molecular flexibility index (Phi) is 9.76. The second-order valence-electron chi connectivity index (χ2n) is 1.31. The van der Waals surface area contributed by atoms with E-state index >= 15 is 0 Å². The molecule has 0 unspecified atom stereocenters. The van der Waals surface area contributed by atoms with Crippen LogP contribution >= 0.6 is 0 Å². The van der Waals surface area contributed by atoms with Crippen LogP contribution in [-0.2, 0) is 4.79 Å². The highest BCUT2D eigenvalue weighted by Crippen LogP contribution is 1.84. The summed E-state index contributed by atoms with van der Waals surface area (Å²) in [7, 11) is 1.48. The SMILES string of the molecule is CC.CN=C/C(=C\N)C(=O)O. The van der Waals surface area contributed by atoms with Crippen molar-refractivity contribution in [1.29, 1.82) is 0 Å². The van der Waals surface area contributed by atoms with Gasteiger partial charge in [0.05, 0.1) is 5.57 Å². The molecule has 0 rings (SSSR count). The highest BCUT2D eigenvalue weighted by molar-refractivity contribution is 6.08. The van der Waals surface area contributed by atoms with E-state index in [1.54, 1.807) is 0 Å². The molecule has 0 aromatic carbocycles. The van der Waals surface area contributed by atoms with Crippen LogP contribution in [0.25, 0.3) is 0 Å². The minimum absolute atomic E-state index is 0.00231. The lowest BCUT2D eigenvalue weighted by Crippen LogP contribution is -2.03. The molecule has 0 aromatic heterocycles. The first-order chi connectivity index (χ1) is 5.22. The molecule has 4 heteroatoms. The van der Waals surface area contributed by atoms with Gasteiger partial charge in [-0.15, -0.1) is 0 Å². The maximum atomic E-state index is 10.1. The first kappa shape index (κ1) is 12.4. The van der Waals surface area contributed by atoms with Gasteiger partial charge in [-0.25, -0.2) is 4.79 Å². The summed E-state index contributed by atoms with van der Waals surface area (Å²) in [5.74, 6) is -1.07. The zero-order valence-corrected chi connectivity index (χ0v) is 7.03. The second kappa shape index (κ2) is 8.68. The number of hydrogen-bond acceptors (Lipinski definition) is 3. The van der Waals surface area contributed by atoms with E-state index in [0.29, 0.717) is 0 Å². The van der Waals surface area contributed by atoms with E-state index in [4.69, 9.17) is 10.8 Å². The lowest BCUT2D eigenvalue weighted by atomic mass is 10.3. The summed E-state index contributed by atoms with van der Waals surface area (Å²) in [6.45, 7) is 4.00. The Bertz CT molecular complexity index is 162. The quantitative estimate of drug-likeness (QED) is 0.457. The molecule has 3 N–H and O–H groups in total. The Morgan fingerprint density at radius 2 is 2.00 bits per heavy atom. The number of carbonyl (C=O) groups is 1. The Labute approximate surface area is 66.4 Å². The van der Waals surface area contributed by atoms with Crippen molar-refractivity contribution < 1.29 is 9.90 Å². The maximum Gasteiger partial charge on any atom is 0.338 e. The second-order valence-corrected chi connectivity index (χ2v) is 1.31. The van der Waals surface area contributed by atoms with E-state index in [1.807, 2.05) is 13.8 Å². The van der Waals surface area contributed by atoms with E-state index in [0.717, 1.165) is 6.20 Å². The van der Waals surface area contributed by atoms with E-state index < -0.39 is 5.97 Å². The van der Waals surface area contributed by atoms with Crippen LogP contribution in [0.1, 0.15) is 13.8 Å². The molecule has 0 saturated heterocycles. The van der Waals surface area contributed by atoms with Crippen LogP contribution in [0.2, 0.25) is 0 Å². The Balaban J connectivity index is 0. The first-order valence-electron chi connectivity index (χ1n) is 3.29. The molecule has 0 bridgehead atoms. The minimum atomic E-state index is -1.07. The lowest BCUT2D eigenvalue weighted by molar-refractivity contribution is -0.132. The Hall–Kier alpha value is -1.32. The molecule has 0 amide bonds. The number of aliphatic carboxylic acids is 1. The zero-order valence-electron chi connectivity index (χ0n) is 7.03. The van der Waals surface area contributed by atoms with E-state index in [2.05, 4.69) is 4.99 Å². The minimum Gasteiger partial charge on any atom is -0.478 e. The van der Waals surface area contributed by atoms with Crippen LogP contribution in [0, 0.1) is 0 Å². The van der Waals surface area contributed by atoms with Gasteiger partial charge in [-0.05, 0) is 0 Å². The fourth-order valence-corrected chi connectivity index (χ4v) is 0.309. The summed E-state index contributed by atoms with van der Waals surface area (Å²) >= 11 is 0. The van der Waals surface area contributed by atoms with Gasteiger partial charge in [0.15, 0.2) is 0 Å². The van der Waals surface area contributed by atoms with Gasteiger partial charge in [0, 0.05) is 19.5 Å². The number of carboxylic acids is 1. The van der Waals surface area contributed by atoms with Crippen LogP contribution in [0.5, 0.6) is 0 Å². The summed E-state index contributed by atoms with van der Waals surface area (Å²) < 4.78 is 0. The molecule has 0 heterocycles. The first-order valence-corrected chi connectivity index (χ1v) is 3.29. The Morgan fingerprint density at radius 1 is 1.55 bits per heavy atom. The average molecular weight is 158 g/mol. The third-order valence-corrected chi connectivity index (χ3v) is 0.695. The number of hydrogen-bond donors (Lipinski definition) is 2. The summed E-state index contributed by atoms with van der Waals surface area (Å²) in [6, 6.07) is 0. The summed E-state index contributed by atoms with van der Waals surface area (Å²) in [5, 5.41) is 8.26. The summed E-state index contributed by atoms with van der Waals surface area (Å²) in [5.41, 5.74) is 4.92. The fourth-order valence-electron chi connectivity index (χ4n) is 0.309. The predicted octanol–water partition coefficient (Wildman–Crippen LogP) is 0.640. The Morgan fingerprint density at radius 3 is 2.09 bits per heavy atom. The molecule has 0 radical (unpaired) electrons. The van der Waals surface area contributed by atoms with E-state index in [9.17, 15) is 4.79 Å². The van der Waals surface area contributed by atoms with Gasteiger partial charge in [0.2, 0.25) is 0 Å². The van der Waals surface area contributed by atoms with Gasteiger partial charge in [-0.1, -0.05) is 13.8 Å². The number of carboxylic acid groups (broad SMARTS) is 1. The van der Waals surface area contributed by atoms with Gasteiger partial charge in [0.25, 0.3) is 0 Å². The summed E-state index contributed by atoms with van der Waals surface area (Å²) in [6.07, 6.45) is 2.18. The fraction of sp³-hybridized carbons (Fsp3) is 0.429. The lowest BCUT2D eigenvalue weighted by Gasteiger charge is -1.87. The number of nitrogens with zero attached hydrogens (tertiary/aromatic N) is 1. The highest BCUT2D eigenvalue weighted by atomic mass is 16.4. The van der Waals surface area contributed by atoms with Crippen LogP contribution in [0.4, 0.5) is 0 Å². The van der Waals surface area contributed by atoms with Crippen molar-refractivity contribution in [2.75, 3.05) is 7.05 Å². The van der Waals surface area contributed by atoms with Crippen LogP contribution in [0.3, 0.4) is 0 Å². The predicted molar refractivity (Wildman–Crippen MR) is 45.7 cm³/mol. The zero-order chi connectivity index (χ0) is 9.28. The molecule has 0 atom stereocenters. The van der Waals surface area contributed by atoms with Crippen molar-refractivity contribution in [2.24, 2.45) is 10.7 Å². The third-order valence-electron chi connectivity index (χ3n) is 0.695. The molecular weight excluding hydrogens is 144 g/mol. The molecule has 0 saturated carbocycles. The molecule has 0 aromatic rings. The van der Waals surface area contributed by atoms with Crippen molar-refractivity contribution in [2.45, 2.75) is 13.8 Å². The highest BCUT2D eigenvalue weighted by Gasteiger charge is 1.99. The molecule has 0 spiro atoms. The van der Waals surface area contributed by atoms with Crippen molar-refractivity contribution in [3.63, 3.8) is 0 Å². The molecular formula is C7H14N2O2. The van der Waals surface area contributed by atoms with Crippen LogP contribution in [-0.4, -0.2) is 24.3 Å². The number of nitrogens with two attached hydrogens (primary N) is 1. The van der Waals surface area contributed by atoms with Gasteiger partial charge >= 0.3 is 5.97 Å². The largest absolute Gasteiger partial charge is 0.478 e. The maximum absolute atomic E-state index is 10.1. The molecule has 4 nitrogen and oxygen atoms in total. The van der Waals surface area contributed by atoms with E-state index in [-0.39, 0.29) is 5.57 Å². The molecule has 0 aliphatic carbocycles. The smallest absolute Gasteiger partial charge is 0.338 e. The van der Waals surface area contributed by atoms with Crippen molar-refractivity contribution in [3.05, 3.63) is 11.8 Å². The molecule has 11 heavy (non-hydrogen) atoms. The molecule has 0 fully saturated rings. The average Bonchev–Trinajstić information content (AvgIpc) is 2.03. The van der Waals surface area contributed by atoms with Crippen molar-refractivity contribution in [3.8, 4) is 0 Å². The third kappa shape index (κ3) is 6.57. The van der Waals surface area contributed by atoms with Crippen LogP contribution in [0.15, 0.2) is 16.8 Å². The van der Waals surface area contributed by atoms with Gasteiger partial charge in [-0.2, -0.15) is 0 Å². The summed E-state index contributed by atoms with van der Waals surface area (Å²) in [4.78, 5) is 13.6. The van der Waals surface area contributed by atoms with E-state index in [1.165, 1.54) is 13.3 Å². The molecule has 64 valence electrons. The van der Waals surface area contributed by atoms with Gasteiger partial charge < -0.3 is 10.8 Å². The monoisotopic (exact) mass is 158 g/mol. The normalized spacial score (nSPS) is 10.6. The standard InChI is InChI=1S/C5H8N2O2.C2H6/c1-7-3-4(2-6)5(8)9;1-2/h2-3H,6H2,1H3,(H,8,9);1-2H3/b4-2+,7-3?;. The molecule has 0 aliphatic heterocycles. The number of aliphatic imine (C=N–C) groups is 1.